The average molecular weight is 350 g/mol. The third-order valence-electron chi connectivity index (χ3n) is 4.48. The zero-order valence-corrected chi connectivity index (χ0v) is 14.1. The molecule has 0 aliphatic carbocycles. The van der Waals surface area contributed by atoms with Crippen molar-refractivity contribution in [1.29, 1.82) is 0 Å². The second-order valence-electron chi connectivity index (χ2n) is 6.19. The lowest BCUT2D eigenvalue weighted by molar-refractivity contribution is -0.137. The summed E-state index contributed by atoms with van der Waals surface area (Å²) in [5.74, 6) is 1.12. The normalized spacial score (nSPS) is 18.2. The van der Waals surface area contributed by atoms with Gasteiger partial charge in [-0.2, -0.15) is 18.2 Å². The van der Waals surface area contributed by atoms with E-state index in [9.17, 15) is 13.2 Å². The average Bonchev–Trinajstić information content (AvgIpc) is 2.61. The number of halogens is 3. The Morgan fingerprint density at radius 3 is 2.84 bits per heavy atom. The topological polar surface area (TPSA) is 41.1 Å². The highest BCUT2D eigenvalue weighted by Gasteiger charge is 2.30. The number of alkyl halides is 3. The zero-order valence-electron chi connectivity index (χ0n) is 14.1. The summed E-state index contributed by atoms with van der Waals surface area (Å²) in [5.41, 5.74) is -0.381. The summed E-state index contributed by atoms with van der Waals surface area (Å²) in [6.07, 6.45) is 1.78. The first kappa shape index (κ1) is 17.5. The predicted molar refractivity (Wildman–Crippen MR) is 92.0 cm³/mol. The van der Waals surface area contributed by atoms with Crippen LogP contribution in [-0.4, -0.2) is 22.6 Å². The van der Waals surface area contributed by atoms with Crippen molar-refractivity contribution in [3.63, 3.8) is 0 Å². The van der Waals surface area contributed by atoms with Gasteiger partial charge in [-0.3, -0.25) is 0 Å². The molecule has 1 aromatic carbocycles. The van der Waals surface area contributed by atoms with Crippen molar-refractivity contribution in [3.8, 4) is 0 Å². The van der Waals surface area contributed by atoms with E-state index >= 15 is 0 Å². The first-order valence-electron chi connectivity index (χ1n) is 8.51. The molecule has 1 saturated heterocycles. The van der Waals surface area contributed by atoms with Crippen LogP contribution < -0.4 is 10.2 Å². The Kier molecular flexibility index (Phi) is 5.11. The maximum absolute atomic E-state index is 12.8. The molecule has 0 spiro atoms. The largest absolute Gasteiger partial charge is 0.416 e. The van der Waals surface area contributed by atoms with Gasteiger partial charge in [-0.25, -0.2) is 4.98 Å². The third kappa shape index (κ3) is 4.21. The molecule has 134 valence electrons. The van der Waals surface area contributed by atoms with E-state index in [2.05, 4.69) is 27.1 Å². The predicted octanol–water partition coefficient (Wildman–Crippen LogP) is 5.01. The fourth-order valence-corrected chi connectivity index (χ4v) is 3.20. The van der Waals surface area contributed by atoms with Crippen molar-refractivity contribution in [3.05, 3.63) is 42.1 Å². The summed E-state index contributed by atoms with van der Waals surface area (Å²) >= 11 is 0. The van der Waals surface area contributed by atoms with Gasteiger partial charge in [0.15, 0.2) is 0 Å². The molecule has 7 heteroatoms. The molecular formula is C18H21F3N4. The van der Waals surface area contributed by atoms with Crippen molar-refractivity contribution in [2.24, 2.45) is 0 Å². The lowest BCUT2D eigenvalue weighted by atomic mass is 10.0. The molecule has 25 heavy (non-hydrogen) atoms. The van der Waals surface area contributed by atoms with E-state index in [-0.39, 0.29) is 0 Å². The minimum absolute atomic E-state index is 0.303. The van der Waals surface area contributed by atoms with Gasteiger partial charge < -0.3 is 10.2 Å². The van der Waals surface area contributed by atoms with Crippen molar-refractivity contribution in [2.75, 3.05) is 16.8 Å². The highest BCUT2D eigenvalue weighted by Crippen LogP contribution is 2.31. The van der Waals surface area contributed by atoms with E-state index in [4.69, 9.17) is 0 Å². The van der Waals surface area contributed by atoms with Gasteiger partial charge in [0.2, 0.25) is 5.95 Å². The quantitative estimate of drug-likeness (QED) is 0.842. The van der Waals surface area contributed by atoms with Crippen LogP contribution in [0.15, 0.2) is 36.5 Å². The molecule has 2 heterocycles. The Hall–Kier alpha value is -2.31. The monoisotopic (exact) mass is 350 g/mol. The van der Waals surface area contributed by atoms with E-state index < -0.39 is 11.7 Å². The lowest BCUT2D eigenvalue weighted by Crippen LogP contribution is -2.39. The number of hydrogen-bond donors (Lipinski definition) is 1. The molecule has 0 radical (unpaired) electrons. The SMILES string of the molecule is CCC1CCCCN1c1ccnc(Nc2cccc(C(F)(F)F)c2)n1. The molecule has 1 atom stereocenters. The second kappa shape index (κ2) is 7.29. The standard InChI is InChI=1S/C18H21F3N4/c1-2-15-8-3-4-11-25(15)16-9-10-22-17(24-16)23-14-7-5-6-13(12-14)18(19,20)21/h5-7,9-10,12,15H,2-4,8,11H2,1H3,(H,22,23,24). The molecule has 1 N–H and O–H groups in total. The molecule has 4 nitrogen and oxygen atoms in total. The van der Waals surface area contributed by atoms with E-state index in [0.29, 0.717) is 17.7 Å². The van der Waals surface area contributed by atoms with Crippen LogP contribution in [0.2, 0.25) is 0 Å². The summed E-state index contributed by atoms with van der Waals surface area (Å²) in [6.45, 7) is 3.10. The first-order valence-corrected chi connectivity index (χ1v) is 8.51. The van der Waals surface area contributed by atoms with Crippen LogP contribution in [0.4, 0.5) is 30.6 Å². The summed E-state index contributed by atoms with van der Waals surface area (Å²) in [4.78, 5) is 10.9. The number of benzene rings is 1. The number of piperidine rings is 1. The number of aromatic nitrogens is 2. The number of nitrogens with one attached hydrogen (secondary N) is 1. The number of hydrogen-bond acceptors (Lipinski definition) is 4. The van der Waals surface area contributed by atoms with Gasteiger partial charge in [0, 0.05) is 24.5 Å². The van der Waals surface area contributed by atoms with E-state index in [0.717, 1.165) is 43.8 Å². The van der Waals surface area contributed by atoms with Gasteiger partial charge in [-0.1, -0.05) is 13.0 Å². The summed E-state index contributed by atoms with van der Waals surface area (Å²) in [7, 11) is 0. The Morgan fingerprint density at radius 2 is 2.08 bits per heavy atom. The highest BCUT2D eigenvalue weighted by atomic mass is 19.4. The Bertz CT molecular complexity index is 717. The summed E-state index contributed by atoms with van der Waals surface area (Å²) in [5, 5.41) is 2.88. The van der Waals surface area contributed by atoms with Crippen LogP contribution in [0.25, 0.3) is 0 Å². The van der Waals surface area contributed by atoms with Gasteiger partial charge >= 0.3 is 6.18 Å². The fourth-order valence-electron chi connectivity index (χ4n) is 3.20. The number of nitrogens with zero attached hydrogens (tertiary/aromatic N) is 3. The Labute approximate surface area is 145 Å². The molecule has 0 saturated carbocycles. The molecule has 1 fully saturated rings. The molecule has 3 rings (SSSR count). The second-order valence-corrected chi connectivity index (χ2v) is 6.19. The molecule has 1 aliphatic heterocycles. The Morgan fingerprint density at radius 1 is 1.24 bits per heavy atom. The minimum atomic E-state index is -4.37. The molecule has 1 aliphatic rings. The van der Waals surface area contributed by atoms with Gasteiger partial charge in [0.25, 0.3) is 0 Å². The lowest BCUT2D eigenvalue weighted by Gasteiger charge is -2.36. The Balaban J connectivity index is 1.80. The van der Waals surface area contributed by atoms with Crippen LogP contribution in [0.5, 0.6) is 0 Å². The summed E-state index contributed by atoms with van der Waals surface area (Å²) in [6, 6.07) is 7.34. The zero-order chi connectivity index (χ0) is 17.9. The fraction of sp³-hybridized carbons (Fsp3) is 0.444. The van der Waals surface area contributed by atoms with Crippen LogP contribution in [0.1, 0.15) is 38.2 Å². The van der Waals surface area contributed by atoms with Crippen LogP contribution >= 0.6 is 0 Å². The van der Waals surface area contributed by atoms with E-state index in [1.54, 1.807) is 12.3 Å². The van der Waals surface area contributed by atoms with Crippen LogP contribution in [0.3, 0.4) is 0 Å². The van der Waals surface area contributed by atoms with Crippen molar-refractivity contribution < 1.29 is 13.2 Å². The minimum Gasteiger partial charge on any atom is -0.353 e. The van der Waals surface area contributed by atoms with Gasteiger partial charge in [-0.15, -0.1) is 0 Å². The smallest absolute Gasteiger partial charge is 0.353 e. The van der Waals surface area contributed by atoms with Gasteiger partial charge in [0.1, 0.15) is 5.82 Å². The number of anilines is 3. The molecular weight excluding hydrogens is 329 g/mol. The maximum Gasteiger partial charge on any atom is 0.416 e. The highest BCUT2D eigenvalue weighted by molar-refractivity contribution is 5.56. The van der Waals surface area contributed by atoms with Gasteiger partial charge in [-0.05, 0) is 49.9 Å². The molecule has 1 aromatic heterocycles. The van der Waals surface area contributed by atoms with Gasteiger partial charge in [0.05, 0.1) is 5.56 Å². The van der Waals surface area contributed by atoms with Crippen LogP contribution in [-0.2, 0) is 6.18 Å². The van der Waals surface area contributed by atoms with Crippen molar-refractivity contribution in [1.82, 2.24) is 9.97 Å². The third-order valence-corrected chi connectivity index (χ3v) is 4.48. The first-order chi connectivity index (χ1) is 12.0. The number of rotatable bonds is 4. The van der Waals surface area contributed by atoms with Crippen molar-refractivity contribution >= 4 is 17.5 Å². The maximum atomic E-state index is 12.8. The van der Waals surface area contributed by atoms with E-state index in [1.807, 2.05) is 6.07 Å². The van der Waals surface area contributed by atoms with E-state index in [1.165, 1.54) is 12.5 Å². The molecule has 0 amide bonds. The van der Waals surface area contributed by atoms with Crippen LogP contribution in [0, 0.1) is 0 Å². The molecule has 0 bridgehead atoms. The molecule has 2 aromatic rings. The van der Waals surface area contributed by atoms with Crippen molar-refractivity contribution in [2.45, 2.75) is 44.8 Å². The summed E-state index contributed by atoms with van der Waals surface area (Å²) < 4.78 is 38.5. The molecule has 1 unspecified atom stereocenters.